The van der Waals surface area contributed by atoms with Gasteiger partial charge in [-0.15, -0.1) is 0 Å². The van der Waals surface area contributed by atoms with Crippen LogP contribution in [0.4, 0.5) is 0 Å². The summed E-state index contributed by atoms with van der Waals surface area (Å²) < 4.78 is 6.16. The summed E-state index contributed by atoms with van der Waals surface area (Å²) in [7, 11) is 0. The van der Waals surface area contributed by atoms with Gasteiger partial charge in [0.1, 0.15) is 5.58 Å². The molecule has 25 heavy (non-hydrogen) atoms. The van der Waals surface area contributed by atoms with Gasteiger partial charge in [0, 0.05) is 20.4 Å². The molecule has 0 unspecified atom stereocenters. The predicted octanol–water partition coefficient (Wildman–Crippen LogP) is 4.36. The minimum Gasteiger partial charge on any atom is -0.422 e. The topological polar surface area (TPSA) is 71.7 Å². The molecule has 3 rings (SSSR count). The summed E-state index contributed by atoms with van der Waals surface area (Å²) >= 11 is 9.17. The third-order valence-corrected chi connectivity index (χ3v) is 4.26. The van der Waals surface area contributed by atoms with E-state index in [0.29, 0.717) is 21.9 Å². The van der Waals surface area contributed by atoms with Crippen molar-refractivity contribution in [2.24, 2.45) is 5.10 Å². The standard InChI is InChI=1S/C18H12BrClN2O3/c1-10(21-22-17(23)11-2-5-14(20)6-3-11)15-9-12-8-13(19)4-7-16(12)25-18(15)24/h2-9H,1H3,(H,22,23). The number of carbonyl (C=O) groups excluding carboxylic acids is 1. The lowest BCUT2D eigenvalue weighted by molar-refractivity contribution is 0.0955. The number of benzene rings is 2. The van der Waals surface area contributed by atoms with Crippen molar-refractivity contribution in [1.82, 2.24) is 5.43 Å². The van der Waals surface area contributed by atoms with E-state index in [4.69, 9.17) is 16.0 Å². The first-order valence-electron chi connectivity index (χ1n) is 7.28. The molecule has 1 aromatic heterocycles. The Morgan fingerprint density at radius 3 is 2.60 bits per heavy atom. The molecule has 3 aromatic rings. The molecule has 1 amide bonds. The third kappa shape index (κ3) is 3.97. The maximum absolute atomic E-state index is 12.1. The second kappa shape index (κ2) is 7.21. The van der Waals surface area contributed by atoms with Crippen LogP contribution in [-0.4, -0.2) is 11.6 Å². The van der Waals surface area contributed by atoms with Crippen molar-refractivity contribution >= 4 is 50.1 Å². The van der Waals surface area contributed by atoms with Crippen LogP contribution in [0.1, 0.15) is 22.8 Å². The summed E-state index contributed by atoms with van der Waals surface area (Å²) in [6.07, 6.45) is 0. The molecule has 0 aliphatic rings. The van der Waals surface area contributed by atoms with E-state index < -0.39 is 11.5 Å². The Bertz CT molecular complexity index is 1040. The van der Waals surface area contributed by atoms with Crippen LogP contribution in [0.25, 0.3) is 11.0 Å². The van der Waals surface area contributed by atoms with Gasteiger partial charge in [0.25, 0.3) is 5.91 Å². The fraction of sp³-hybridized carbons (Fsp3) is 0.0556. The minimum absolute atomic E-state index is 0.280. The Balaban J connectivity index is 1.88. The molecule has 2 aromatic carbocycles. The van der Waals surface area contributed by atoms with E-state index in [9.17, 15) is 9.59 Å². The van der Waals surface area contributed by atoms with Crippen LogP contribution < -0.4 is 11.1 Å². The molecule has 7 heteroatoms. The number of carbonyl (C=O) groups is 1. The van der Waals surface area contributed by atoms with E-state index in [2.05, 4.69) is 26.5 Å². The first-order chi connectivity index (χ1) is 11.9. The molecule has 0 fully saturated rings. The fourth-order valence-electron chi connectivity index (χ4n) is 2.21. The zero-order valence-corrected chi connectivity index (χ0v) is 15.4. The number of hydrazone groups is 1. The van der Waals surface area contributed by atoms with Gasteiger partial charge in [0.15, 0.2) is 0 Å². The summed E-state index contributed by atoms with van der Waals surface area (Å²) in [6, 6.07) is 13.4. The Morgan fingerprint density at radius 2 is 1.88 bits per heavy atom. The molecule has 0 saturated carbocycles. The molecule has 0 saturated heterocycles. The third-order valence-electron chi connectivity index (χ3n) is 3.52. The quantitative estimate of drug-likeness (QED) is 0.389. The zero-order chi connectivity index (χ0) is 18.0. The van der Waals surface area contributed by atoms with E-state index in [1.165, 1.54) is 0 Å². The molecule has 0 aliphatic heterocycles. The molecule has 1 heterocycles. The van der Waals surface area contributed by atoms with Crippen molar-refractivity contribution < 1.29 is 9.21 Å². The Morgan fingerprint density at radius 1 is 1.16 bits per heavy atom. The maximum Gasteiger partial charge on any atom is 0.345 e. The predicted molar refractivity (Wildman–Crippen MR) is 101 cm³/mol. The van der Waals surface area contributed by atoms with Gasteiger partial charge in [-0.1, -0.05) is 27.5 Å². The fourth-order valence-corrected chi connectivity index (χ4v) is 2.71. The van der Waals surface area contributed by atoms with Gasteiger partial charge in [-0.3, -0.25) is 4.79 Å². The molecular formula is C18H12BrClN2O3. The Kier molecular flexibility index (Phi) is 5.01. The number of halogens is 2. The summed E-state index contributed by atoms with van der Waals surface area (Å²) in [5.41, 5.74) is 3.42. The highest BCUT2D eigenvalue weighted by Crippen LogP contribution is 2.19. The lowest BCUT2D eigenvalue weighted by atomic mass is 10.1. The van der Waals surface area contributed by atoms with Gasteiger partial charge in [0.2, 0.25) is 0 Å². The number of hydrogen-bond acceptors (Lipinski definition) is 4. The van der Waals surface area contributed by atoms with Gasteiger partial charge < -0.3 is 4.42 Å². The van der Waals surface area contributed by atoms with Gasteiger partial charge in [0.05, 0.1) is 11.3 Å². The van der Waals surface area contributed by atoms with Crippen molar-refractivity contribution in [3.63, 3.8) is 0 Å². The summed E-state index contributed by atoms with van der Waals surface area (Å²) in [5.74, 6) is -0.399. The number of hydrogen-bond donors (Lipinski definition) is 1. The number of nitrogens with one attached hydrogen (secondary N) is 1. The molecule has 0 aliphatic carbocycles. The summed E-state index contributed by atoms with van der Waals surface area (Å²) in [5, 5.41) is 5.29. The van der Waals surface area contributed by atoms with E-state index in [0.717, 1.165) is 9.86 Å². The first kappa shape index (κ1) is 17.4. The lowest BCUT2D eigenvalue weighted by Gasteiger charge is -2.04. The molecular weight excluding hydrogens is 408 g/mol. The van der Waals surface area contributed by atoms with Gasteiger partial charge in [-0.05, 0) is 55.5 Å². The van der Waals surface area contributed by atoms with Gasteiger partial charge in [-0.2, -0.15) is 5.10 Å². The first-order valence-corrected chi connectivity index (χ1v) is 8.45. The highest BCUT2D eigenvalue weighted by Gasteiger charge is 2.10. The van der Waals surface area contributed by atoms with Gasteiger partial charge in [-0.25, -0.2) is 10.2 Å². The van der Waals surface area contributed by atoms with E-state index in [1.807, 2.05) is 6.07 Å². The Hall–Kier alpha value is -2.44. The number of fused-ring (bicyclic) bond motifs is 1. The number of rotatable bonds is 3. The highest BCUT2D eigenvalue weighted by atomic mass is 79.9. The second-order valence-corrected chi connectivity index (χ2v) is 6.63. The molecule has 0 spiro atoms. The monoisotopic (exact) mass is 418 g/mol. The summed E-state index contributed by atoms with van der Waals surface area (Å²) in [4.78, 5) is 24.2. The van der Waals surface area contributed by atoms with Crippen molar-refractivity contribution in [2.75, 3.05) is 0 Å². The van der Waals surface area contributed by atoms with Crippen LogP contribution in [0, 0.1) is 0 Å². The zero-order valence-electron chi connectivity index (χ0n) is 13.0. The van der Waals surface area contributed by atoms with Crippen molar-refractivity contribution in [2.45, 2.75) is 6.92 Å². The average Bonchev–Trinajstić information content (AvgIpc) is 2.59. The van der Waals surface area contributed by atoms with Crippen LogP contribution in [-0.2, 0) is 0 Å². The van der Waals surface area contributed by atoms with Gasteiger partial charge >= 0.3 is 5.63 Å². The molecule has 5 nitrogen and oxygen atoms in total. The molecule has 1 N–H and O–H groups in total. The van der Waals surface area contributed by atoms with Crippen LogP contribution in [0.5, 0.6) is 0 Å². The number of amides is 1. The van der Waals surface area contributed by atoms with Crippen molar-refractivity contribution in [3.8, 4) is 0 Å². The normalized spacial score (nSPS) is 11.6. The van der Waals surface area contributed by atoms with E-state index in [1.54, 1.807) is 49.4 Å². The second-order valence-electron chi connectivity index (χ2n) is 5.27. The van der Waals surface area contributed by atoms with Crippen LogP contribution in [0.15, 0.2) is 67.3 Å². The molecule has 0 atom stereocenters. The smallest absolute Gasteiger partial charge is 0.345 e. The minimum atomic E-state index is -0.517. The molecule has 0 bridgehead atoms. The largest absolute Gasteiger partial charge is 0.422 e. The Labute approximate surface area is 156 Å². The molecule has 0 radical (unpaired) electrons. The number of nitrogens with zero attached hydrogens (tertiary/aromatic N) is 1. The summed E-state index contributed by atoms with van der Waals surface area (Å²) in [6.45, 7) is 1.62. The SMILES string of the molecule is CC(=NNC(=O)c1ccc(Cl)cc1)c1cc2cc(Br)ccc2oc1=O. The molecule has 126 valence electrons. The lowest BCUT2D eigenvalue weighted by Crippen LogP contribution is -2.21. The highest BCUT2D eigenvalue weighted by molar-refractivity contribution is 9.10. The van der Waals surface area contributed by atoms with E-state index >= 15 is 0 Å². The van der Waals surface area contributed by atoms with Crippen LogP contribution >= 0.6 is 27.5 Å². The maximum atomic E-state index is 12.1. The van der Waals surface area contributed by atoms with E-state index in [-0.39, 0.29) is 5.56 Å². The average molecular weight is 420 g/mol. The van der Waals surface area contributed by atoms with Crippen LogP contribution in [0.2, 0.25) is 5.02 Å². The van der Waals surface area contributed by atoms with Crippen molar-refractivity contribution in [1.29, 1.82) is 0 Å². The van der Waals surface area contributed by atoms with Crippen LogP contribution in [0.3, 0.4) is 0 Å². The van der Waals surface area contributed by atoms with Crippen molar-refractivity contribution in [3.05, 3.63) is 79.6 Å².